The number of esters is 1. The monoisotopic (exact) mass is 375 g/mol. The lowest BCUT2D eigenvalue weighted by molar-refractivity contribution is -0.385. The number of hydrogen-bond donors (Lipinski definition) is 0. The highest BCUT2D eigenvalue weighted by atomic mass is 16.6. The zero-order valence-electron chi connectivity index (χ0n) is 15.1. The van der Waals surface area contributed by atoms with E-state index in [0.29, 0.717) is 11.1 Å². The van der Waals surface area contributed by atoms with Crippen LogP contribution in [0.3, 0.4) is 0 Å². The van der Waals surface area contributed by atoms with E-state index in [-0.39, 0.29) is 22.6 Å². The lowest BCUT2D eigenvalue weighted by Gasteiger charge is -2.18. The van der Waals surface area contributed by atoms with Crippen molar-refractivity contribution >= 4 is 17.4 Å². The average Bonchev–Trinajstić information content (AvgIpc) is 2.72. The first-order valence-corrected chi connectivity index (χ1v) is 8.58. The summed E-state index contributed by atoms with van der Waals surface area (Å²) in [6.45, 7) is 1.48. The Morgan fingerprint density at radius 2 is 1.50 bits per heavy atom. The van der Waals surface area contributed by atoms with Crippen LogP contribution in [0, 0.1) is 17.0 Å². The summed E-state index contributed by atoms with van der Waals surface area (Å²) in [7, 11) is 0. The van der Waals surface area contributed by atoms with Crippen LogP contribution in [0.1, 0.15) is 37.9 Å². The minimum atomic E-state index is -1.16. The molecule has 0 bridgehead atoms. The summed E-state index contributed by atoms with van der Waals surface area (Å²) in [5.74, 6) is -1.16. The van der Waals surface area contributed by atoms with Crippen molar-refractivity contribution in [3.05, 3.63) is 111 Å². The molecule has 0 aliphatic heterocycles. The van der Waals surface area contributed by atoms with Gasteiger partial charge in [0.1, 0.15) is 0 Å². The topological polar surface area (TPSA) is 86.5 Å². The first-order valence-electron chi connectivity index (χ1n) is 8.58. The van der Waals surface area contributed by atoms with Gasteiger partial charge in [-0.1, -0.05) is 66.7 Å². The molecule has 1 atom stereocenters. The van der Waals surface area contributed by atoms with Gasteiger partial charge in [0.15, 0.2) is 6.10 Å². The van der Waals surface area contributed by atoms with E-state index in [1.807, 2.05) is 0 Å². The lowest BCUT2D eigenvalue weighted by Crippen LogP contribution is -2.21. The molecule has 0 radical (unpaired) electrons. The number of ether oxygens (including phenoxy) is 1. The Balaban J connectivity index is 1.97. The molecule has 0 heterocycles. The summed E-state index contributed by atoms with van der Waals surface area (Å²) in [5, 5.41) is 11.1. The van der Waals surface area contributed by atoms with Crippen LogP contribution in [-0.4, -0.2) is 16.7 Å². The SMILES string of the molecule is Cc1c(C(=O)O[C@@H](C(=O)c2ccccc2)c2ccccc2)cccc1[N+](=O)[O-]. The van der Waals surface area contributed by atoms with Crippen LogP contribution in [0.5, 0.6) is 0 Å². The van der Waals surface area contributed by atoms with Crippen LogP contribution in [0.4, 0.5) is 5.69 Å². The van der Waals surface area contributed by atoms with Crippen LogP contribution >= 0.6 is 0 Å². The van der Waals surface area contributed by atoms with Gasteiger partial charge < -0.3 is 4.74 Å². The number of carbonyl (C=O) groups excluding carboxylic acids is 2. The van der Waals surface area contributed by atoms with E-state index < -0.39 is 17.0 Å². The van der Waals surface area contributed by atoms with Crippen molar-refractivity contribution in [2.75, 3.05) is 0 Å². The standard InChI is InChI=1S/C22H17NO5/c1-15-18(13-8-14-19(15)23(26)27)22(25)28-21(17-11-6-3-7-12-17)20(24)16-9-4-2-5-10-16/h2-14,21H,1H3/t21-/m1/s1. The Morgan fingerprint density at radius 1 is 0.893 bits per heavy atom. The van der Waals surface area contributed by atoms with Crippen LogP contribution in [0.15, 0.2) is 78.9 Å². The minimum absolute atomic E-state index is 0.0518. The fraction of sp³-hybridized carbons (Fsp3) is 0.0909. The molecular formula is C22H17NO5. The smallest absolute Gasteiger partial charge is 0.339 e. The van der Waals surface area contributed by atoms with Crippen LogP contribution in [0.2, 0.25) is 0 Å². The molecule has 0 aromatic heterocycles. The van der Waals surface area contributed by atoms with Crippen LogP contribution in [0.25, 0.3) is 0 Å². The molecule has 6 nitrogen and oxygen atoms in total. The van der Waals surface area contributed by atoms with Crippen LogP contribution in [-0.2, 0) is 4.74 Å². The van der Waals surface area contributed by atoms with Crippen molar-refractivity contribution in [2.45, 2.75) is 13.0 Å². The highest BCUT2D eigenvalue weighted by molar-refractivity contribution is 6.02. The molecule has 0 saturated carbocycles. The number of nitro groups is 1. The fourth-order valence-electron chi connectivity index (χ4n) is 2.87. The number of nitrogens with zero attached hydrogens (tertiary/aromatic N) is 1. The van der Waals surface area contributed by atoms with Gasteiger partial charge >= 0.3 is 5.97 Å². The highest BCUT2D eigenvalue weighted by Gasteiger charge is 2.28. The highest BCUT2D eigenvalue weighted by Crippen LogP contribution is 2.27. The number of Topliss-reactive ketones (excluding diaryl/α,β-unsaturated/α-hetero) is 1. The van der Waals surface area contributed by atoms with E-state index in [4.69, 9.17) is 4.74 Å². The summed E-state index contributed by atoms with van der Waals surface area (Å²) in [4.78, 5) is 36.3. The predicted octanol–water partition coefficient (Wildman–Crippen LogP) is 4.68. The molecule has 0 amide bonds. The summed E-state index contributed by atoms with van der Waals surface area (Å²) < 4.78 is 5.54. The predicted molar refractivity (Wildman–Crippen MR) is 103 cm³/mol. The van der Waals surface area contributed by atoms with Gasteiger partial charge in [0.25, 0.3) is 5.69 Å². The Hall–Kier alpha value is -3.80. The molecule has 28 heavy (non-hydrogen) atoms. The van der Waals surface area contributed by atoms with Gasteiger partial charge in [-0.15, -0.1) is 0 Å². The normalized spacial score (nSPS) is 11.5. The maximum absolute atomic E-state index is 13.0. The van der Waals surface area contributed by atoms with Gasteiger partial charge in [-0.3, -0.25) is 14.9 Å². The lowest BCUT2D eigenvalue weighted by atomic mass is 9.99. The molecule has 3 rings (SSSR count). The number of hydrogen-bond acceptors (Lipinski definition) is 5. The molecule has 3 aromatic carbocycles. The third-order valence-corrected chi connectivity index (χ3v) is 4.35. The Morgan fingerprint density at radius 3 is 2.11 bits per heavy atom. The fourth-order valence-corrected chi connectivity index (χ4v) is 2.87. The minimum Gasteiger partial charge on any atom is -0.445 e. The van der Waals surface area contributed by atoms with Crippen molar-refractivity contribution in [1.82, 2.24) is 0 Å². The van der Waals surface area contributed by atoms with Crippen molar-refractivity contribution in [2.24, 2.45) is 0 Å². The quantitative estimate of drug-likeness (QED) is 0.270. The molecule has 0 unspecified atom stereocenters. The van der Waals surface area contributed by atoms with E-state index in [9.17, 15) is 19.7 Å². The van der Waals surface area contributed by atoms with Gasteiger partial charge in [-0.05, 0) is 13.0 Å². The van der Waals surface area contributed by atoms with Crippen molar-refractivity contribution < 1.29 is 19.2 Å². The maximum Gasteiger partial charge on any atom is 0.339 e. The number of carbonyl (C=O) groups is 2. The largest absolute Gasteiger partial charge is 0.445 e. The van der Waals surface area contributed by atoms with E-state index in [2.05, 4.69) is 0 Å². The van der Waals surface area contributed by atoms with E-state index in [1.54, 1.807) is 60.7 Å². The molecule has 0 fully saturated rings. The second kappa shape index (κ2) is 8.26. The molecule has 6 heteroatoms. The number of ketones is 1. The van der Waals surface area contributed by atoms with Gasteiger partial charge in [0, 0.05) is 22.8 Å². The zero-order valence-corrected chi connectivity index (χ0v) is 15.1. The summed E-state index contributed by atoms with van der Waals surface area (Å²) in [5.41, 5.74) is 0.986. The molecule has 140 valence electrons. The first kappa shape index (κ1) is 19.0. The number of benzene rings is 3. The Kier molecular flexibility index (Phi) is 5.60. The van der Waals surface area contributed by atoms with E-state index >= 15 is 0 Å². The van der Waals surface area contributed by atoms with Gasteiger partial charge in [0.2, 0.25) is 5.78 Å². The average molecular weight is 375 g/mol. The van der Waals surface area contributed by atoms with Gasteiger partial charge in [0.05, 0.1) is 10.5 Å². The molecule has 0 saturated heterocycles. The number of nitro benzene ring substituents is 1. The Bertz CT molecular complexity index is 1020. The van der Waals surface area contributed by atoms with Crippen LogP contribution < -0.4 is 0 Å². The first-order chi connectivity index (χ1) is 13.5. The summed E-state index contributed by atoms with van der Waals surface area (Å²) in [6, 6.07) is 21.4. The van der Waals surface area contributed by atoms with Crippen molar-refractivity contribution in [3.63, 3.8) is 0 Å². The van der Waals surface area contributed by atoms with Gasteiger partial charge in [-0.2, -0.15) is 0 Å². The van der Waals surface area contributed by atoms with E-state index in [0.717, 1.165) is 0 Å². The third-order valence-electron chi connectivity index (χ3n) is 4.35. The van der Waals surface area contributed by atoms with Gasteiger partial charge in [-0.25, -0.2) is 4.79 Å². The molecule has 0 N–H and O–H groups in total. The second-order valence-electron chi connectivity index (χ2n) is 6.13. The number of rotatable bonds is 6. The molecule has 0 spiro atoms. The molecule has 0 aliphatic carbocycles. The summed E-state index contributed by atoms with van der Waals surface area (Å²) >= 11 is 0. The molecular weight excluding hydrogens is 358 g/mol. The van der Waals surface area contributed by atoms with Crippen molar-refractivity contribution in [1.29, 1.82) is 0 Å². The zero-order chi connectivity index (χ0) is 20.1. The third kappa shape index (κ3) is 3.96. The van der Waals surface area contributed by atoms with Crippen molar-refractivity contribution in [3.8, 4) is 0 Å². The summed E-state index contributed by atoms with van der Waals surface area (Å²) in [6.07, 6.45) is -1.16. The second-order valence-corrected chi connectivity index (χ2v) is 6.13. The van der Waals surface area contributed by atoms with E-state index in [1.165, 1.54) is 25.1 Å². The maximum atomic E-state index is 13.0. The Labute approximate surface area is 161 Å². The molecule has 0 aliphatic rings. The molecule has 3 aromatic rings.